The van der Waals surface area contributed by atoms with Crippen molar-refractivity contribution in [2.45, 2.75) is 6.04 Å². The van der Waals surface area contributed by atoms with Crippen molar-refractivity contribution in [1.29, 1.82) is 5.26 Å². The predicted molar refractivity (Wildman–Crippen MR) is 120 cm³/mol. The molecular formula is C25H23N3O3. The van der Waals surface area contributed by atoms with E-state index < -0.39 is 5.91 Å². The van der Waals surface area contributed by atoms with Gasteiger partial charge in [0.1, 0.15) is 23.1 Å². The van der Waals surface area contributed by atoms with E-state index in [1.54, 1.807) is 18.2 Å². The molecule has 0 aliphatic rings. The van der Waals surface area contributed by atoms with Gasteiger partial charge in [-0.15, -0.1) is 0 Å². The van der Waals surface area contributed by atoms with Crippen LogP contribution in [0.15, 0.2) is 90.6 Å². The molecule has 0 aromatic heterocycles. The minimum atomic E-state index is -0.554. The van der Waals surface area contributed by atoms with Gasteiger partial charge in [0.2, 0.25) is 0 Å². The van der Waals surface area contributed by atoms with Crippen LogP contribution in [0.1, 0.15) is 17.2 Å². The van der Waals surface area contributed by atoms with Crippen molar-refractivity contribution in [3.8, 4) is 17.6 Å². The molecule has 0 spiro atoms. The van der Waals surface area contributed by atoms with Gasteiger partial charge in [0, 0.05) is 12.3 Å². The summed E-state index contributed by atoms with van der Waals surface area (Å²) in [5.74, 6) is 0.470. The Kier molecular flexibility index (Phi) is 7.28. The molecule has 3 aromatic rings. The molecule has 1 amide bonds. The fourth-order valence-corrected chi connectivity index (χ4v) is 3.09. The second kappa shape index (κ2) is 10.5. The smallest absolute Gasteiger partial charge is 0.267 e. The summed E-state index contributed by atoms with van der Waals surface area (Å²) in [5, 5.41) is 15.5. The Morgan fingerprint density at radius 1 is 0.935 bits per heavy atom. The molecular weight excluding hydrogens is 390 g/mol. The van der Waals surface area contributed by atoms with Crippen LogP contribution in [0.5, 0.6) is 11.5 Å². The van der Waals surface area contributed by atoms with E-state index in [0.29, 0.717) is 17.2 Å². The molecule has 3 rings (SSSR count). The lowest BCUT2D eigenvalue weighted by Crippen LogP contribution is -2.21. The summed E-state index contributed by atoms with van der Waals surface area (Å²) < 4.78 is 10.5. The first kappa shape index (κ1) is 21.5. The van der Waals surface area contributed by atoms with Crippen molar-refractivity contribution in [3.63, 3.8) is 0 Å². The molecule has 0 fully saturated rings. The van der Waals surface area contributed by atoms with Crippen LogP contribution in [0.4, 0.5) is 5.69 Å². The topological polar surface area (TPSA) is 83.4 Å². The van der Waals surface area contributed by atoms with E-state index >= 15 is 0 Å². The van der Waals surface area contributed by atoms with Gasteiger partial charge in [0.25, 0.3) is 5.91 Å². The molecule has 0 saturated heterocycles. The average molecular weight is 413 g/mol. The highest BCUT2D eigenvalue weighted by atomic mass is 16.5. The lowest BCUT2D eigenvalue weighted by atomic mass is 9.99. The van der Waals surface area contributed by atoms with Gasteiger partial charge in [0.05, 0.1) is 25.9 Å². The number of nitrogens with zero attached hydrogens (tertiary/aromatic N) is 1. The maximum Gasteiger partial charge on any atom is 0.267 e. The summed E-state index contributed by atoms with van der Waals surface area (Å²) in [6, 6.07) is 26.4. The van der Waals surface area contributed by atoms with Crippen molar-refractivity contribution in [2.75, 3.05) is 19.5 Å². The molecule has 0 radical (unpaired) electrons. The molecule has 0 saturated carbocycles. The van der Waals surface area contributed by atoms with Crippen LogP contribution in [0.2, 0.25) is 0 Å². The number of carbonyl (C=O) groups is 1. The summed E-state index contributed by atoms with van der Waals surface area (Å²) in [6.07, 6.45) is 1.44. The van der Waals surface area contributed by atoms with E-state index in [0.717, 1.165) is 11.1 Å². The van der Waals surface area contributed by atoms with Gasteiger partial charge in [-0.25, -0.2) is 0 Å². The Morgan fingerprint density at radius 3 is 2.06 bits per heavy atom. The molecule has 6 nitrogen and oxygen atoms in total. The lowest BCUT2D eigenvalue weighted by molar-refractivity contribution is -0.112. The predicted octanol–water partition coefficient (Wildman–Crippen LogP) is 4.43. The quantitative estimate of drug-likeness (QED) is 0.422. The standard InChI is InChI=1S/C25H23N3O3/c1-30-21-13-14-23(31-2)22(15-21)28-25(29)20(16-26)17-27-24(18-9-5-3-6-10-18)19-11-7-4-8-12-19/h3-15,17,24,27H,1-2H3,(H,28,29)/b20-17-. The van der Waals surface area contributed by atoms with Crippen LogP contribution in [0.3, 0.4) is 0 Å². The summed E-state index contributed by atoms with van der Waals surface area (Å²) >= 11 is 0. The number of amides is 1. The molecule has 6 heteroatoms. The maximum absolute atomic E-state index is 12.8. The monoisotopic (exact) mass is 413 g/mol. The van der Waals surface area contributed by atoms with Gasteiger partial charge in [-0.2, -0.15) is 5.26 Å². The highest BCUT2D eigenvalue weighted by molar-refractivity contribution is 6.07. The van der Waals surface area contributed by atoms with E-state index in [-0.39, 0.29) is 11.6 Å². The van der Waals surface area contributed by atoms with Crippen molar-refractivity contribution >= 4 is 11.6 Å². The Hall–Kier alpha value is -4.24. The zero-order valence-corrected chi connectivity index (χ0v) is 17.3. The fraction of sp³-hybridized carbons (Fsp3) is 0.120. The molecule has 2 N–H and O–H groups in total. The van der Waals surface area contributed by atoms with Crippen molar-refractivity contribution in [3.05, 3.63) is 102 Å². The van der Waals surface area contributed by atoms with Crippen LogP contribution >= 0.6 is 0 Å². The summed E-state index contributed by atoms with van der Waals surface area (Å²) in [5.41, 5.74) is 2.37. The van der Waals surface area contributed by atoms with E-state index in [4.69, 9.17) is 9.47 Å². The molecule has 156 valence electrons. The number of nitriles is 1. The number of ether oxygens (including phenoxy) is 2. The molecule has 3 aromatic carbocycles. The van der Waals surface area contributed by atoms with Crippen LogP contribution < -0.4 is 20.1 Å². The van der Waals surface area contributed by atoms with E-state index in [1.807, 2.05) is 66.7 Å². The number of carbonyl (C=O) groups excluding carboxylic acids is 1. The molecule has 0 aliphatic heterocycles. The largest absolute Gasteiger partial charge is 0.497 e. The van der Waals surface area contributed by atoms with Gasteiger partial charge in [-0.05, 0) is 23.3 Å². The van der Waals surface area contributed by atoms with Crippen LogP contribution in [-0.2, 0) is 4.79 Å². The second-order valence-corrected chi connectivity index (χ2v) is 6.61. The molecule has 0 heterocycles. The number of anilines is 1. The van der Waals surface area contributed by atoms with E-state index in [1.165, 1.54) is 20.4 Å². The molecule has 0 atom stereocenters. The molecule has 0 bridgehead atoms. The van der Waals surface area contributed by atoms with E-state index in [9.17, 15) is 10.1 Å². The van der Waals surface area contributed by atoms with Crippen LogP contribution in [-0.4, -0.2) is 20.1 Å². The van der Waals surface area contributed by atoms with Gasteiger partial charge in [-0.3, -0.25) is 4.79 Å². The highest BCUT2D eigenvalue weighted by Crippen LogP contribution is 2.29. The Labute approximate surface area is 181 Å². The number of benzene rings is 3. The van der Waals surface area contributed by atoms with Crippen LogP contribution in [0, 0.1) is 11.3 Å². The van der Waals surface area contributed by atoms with Crippen molar-refractivity contribution < 1.29 is 14.3 Å². The number of hydrogen-bond acceptors (Lipinski definition) is 5. The van der Waals surface area contributed by atoms with Crippen molar-refractivity contribution in [2.24, 2.45) is 0 Å². The lowest BCUT2D eigenvalue weighted by Gasteiger charge is -2.19. The fourth-order valence-electron chi connectivity index (χ4n) is 3.09. The number of nitrogens with one attached hydrogen (secondary N) is 2. The summed E-state index contributed by atoms with van der Waals surface area (Å²) in [7, 11) is 3.04. The van der Waals surface area contributed by atoms with Gasteiger partial charge < -0.3 is 20.1 Å². The number of hydrogen-bond donors (Lipinski definition) is 2. The summed E-state index contributed by atoms with van der Waals surface area (Å²) in [4.78, 5) is 12.8. The molecule has 0 unspecified atom stereocenters. The number of rotatable bonds is 8. The SMILES string of the molecule is COc1ccc(OC)c(NC(=O)/C(C#N)=C\NC(c2ccccc2)c2ccccc2)c1. The second-order valence-electron chi connectivity index (χ2n) is 6.61. The van der Waals surface area contributed by atoms with Gasteiger partial charge >= 0.3 is 0 Å². The minimum absolute atomic E-state index is 0.0678. The zero-order valence-electron chi connectivity index (χ0n) is 17.3. The third-order valence-corrected chi connectivity index (χ3v) is 4.68. The number of methoxy groups -OCH3 is 2. The highest BCUT2D eigenvalue weighted by Gasteiger charge is 2.16. The first-order chi connectivity index (χ1) is 15.2. The third-order valence-electron chi connectivity index (χ3n) is 4.68. The van der Waals surface area contributed by atoms with Gasteiger partial charge in [-0.1, -0.05) is 60.7 Å². The Bertz CT molecular complexity index is 1050. The molecule has 0 aliphatic carbocycles. The first-order valence-electron chi connectivity index (χ1n) is 9.66. The van der Waals surface area contributed by atoms with Gasteiger partial charge in [0.15, 0.2) is 0 Å². The minimum Gasteiger partial charge on any atom is -0.497 e. The Morgan fingerprint density at radius 2 is 1.55 bits per heavy atom. The van der Waals surface area contributed by atoms with Crippen LogP contribution in [0.25, 0.3) is 0 Å². The molecule has 31 heavy (non-hydrogen) atoms. The third kappa shape index (κ3) is 5.43. The average Bonchev–Trinajstić information content (AvgIpc) is 2.83. The maximum atomic E-state index is 12.8. The Balaban J connectivity index is 1.85. The van der Waals surface area contributed by atoms with E-state index in [2.05, 4.69) is 10.6 Å². The zero-order chi connectivity index (χ0) is 22.1. The summed E-state index contributed by atoms with van der Waals surface area (Å²) in [6.45, 7) is 0. The normalized spacial score (nSPS) is 10.8. The van der Waals surface area contributed by atoms with Crippen molar-refractivity contribution in [1.82, 2.24) is 5.32 Å². The first-order valence-corrected chi connectivity index (χ1v) is 9.66.